The van der Waals surface area contributed by atoms with E-state index in [2.05, 4.69) is 13.5 Å². The van der Waals surface area contributed by atoms with E-state index in [1.165, 1.54) is 12.8 Å². The van der Waals surface area contributed by atoms with Crippen molar-refractivity contribution in [2.45, 2.75) is 51.9 Å². The number of hydrogen-bond acceptors (Lipinski definition) is 3. The quantitative estimate of drug-likeness (QED) is 0.364. The first kappa shape index (κ1) is 14.0. The lowest BCUT2D eigenvalue weighted by Gasteiger charge is -2.04. The number of rotatable bonds is 9. The van der Waals surface area contributed by atoms with Gasteiger partial charge in [-0.1, -0.05) is 32.8 Å². The second-order valence-corrected chi connectivity index (χ2v) is 3.70. The number of ether oxygens (including phenoxy) is 1. The number of unbranched alkanes of at least 4 members (excludes halogenated alkanes) is 3. The number of aliphatic hydroxyl groups excluding tert-OH is 1. The summed E-state index contributed by atoms with van der Waals surface area (Å²) < 4.78 is 5.02. The van der Waals surface area contributed by atoms with E-state index in [0.717, 1.165) is 12.8 Å². The highest BCUT2D eigenvalue weighted by molar-refractivity contribution is 5.69. The molecule has 3 nitrogen and oxygen atoms in total. The molecule has 0 bridgehead atoms. The van der Waals surface area contributed by atoms with Crippen LogP contribution in [0, 0.1) is 0 Å². The van der Waals surface area contributed by atoms with Gasteiger partial charge in [-0.25, -0.2) is 0 Å². The molecule has 88 valence electrons. The second kappa shape index (κ2) is 9.56. The topological polar surface area (TPSA) is 46.5 Å². The van der Waals surface area contributed by atoms with Crippen molar-refractivity contribution in [1.29, 1.82) is 0 Å². The molecule has 0 aliphatic rings. The molecule has 0 aromatic carbocycles. The Morgan fingerprint density at radius 3 is 2.53 bits per heavy atom. The maximum Gasteiger partial charge on any atom is 0.305 e. The number of carbonyl (C=O) groups excluding carboxylic acids is 1. The van der Waals surface area contributed by atoms with Gasteiger partial charge in [0.1, 0.15) is 0 Å². The van der Waals surface area contributed by atoms with Crippen LogP contribution in [-0.2, 0) is 9.53 Å². The molecule has 0 spiro atoms. The van der Waals surface area contributed by atoms with Gasteiger partial charge in [-0.15, -0.1) is 0 Å². The molecular formula is C12H22O3. The normalized spacial score (nSPS) is 9.93. The minimum Gasteiger partial charge on any atom is -0.513 e. The highest BCUT2D eigenvalue weighted by atomic mass is 16.5. The Balaban J connectivity index is 3.22. The van der Waals surface area contributed by atoms with Crippen molar-refractivity contribution in [3.8, 4) is 0 Å². The molecule has 0 aliphatic heterocycles. The van der Waals surface area contributed by atoms with Crippen molar-refractivity contribution in [2.24, 2.45) is 0 Å². The Labute approximate surface area is 92.1 Å². The SMILES string of the molecule is C=C(O)CCCC(=O)OCCCCCC. The molecule has 0 rings (SSSR count). The maximum atomic E-state index is 11.1. The zero-order valence-electron chi connectivity index (χ0n) is 9.63. The highest BCUT2D eigenvalue weighted by Crippen LogP contribution is 2.04. The van der Waals surface area contributed by atoms with Crippen LogP contribution in [0.2, 0.25) is 0 Å². The van der Waals surface area contributed by atoms with Crippen LogP contribution in [-0.4, -0.2) is 17.7 Å². The van der Waals surface area contributed by atoms with Gasteiger partial charge in [0.15, 0.2) is 0 Å². The average Bonchev–Trinajstić information content (AvgIpc) is 2.17. The number of aliphatic hydroxyl groups is 1. The van der Waals surface area contributed by atoms with Gasteiger partial charge >= 0.3 is 5.97 Å². The fourth-order valence-electron chi connectivity index (χ4n) is 1.22. The molecule has 0 amide bonds. The summed E-state index contributed by atoms with van der Waals surface area (Å²) in [7, 11) is 0. The van der Waals surface area contributed by atoms with E-state index in [9.17, 15) is 4.79 Å². The molecule has 0 aromatic heterocycles. The van der Waals surface area contributed by atoms with Crippen LogP contribution in [0.5, 0.6) is 0 Å². The minimum absolute atomic E-state index is 0.130. The summed E-state index contributed by atoms with van der Waals surface area (Å²) in [6.45, 7) is 6.02. The molecule has 0 aromatic rings. The van der Waals surface area contributed by atoms with Crippen molar-refractivity contribution in [1.82, 2.24) is 0 Å². The van der Waals surface area contributed by atoms with E-state index in [1.54, 1.807) is 0 Å². The van der Waals surface area contributed by atoms with Crippen LogP contribution in [0.1, 0.15) is 51.9 Å². The number of hydrogen-bond donors (Lipinski definition) is 1. The van der Waals surface area contributed by atoms with Crippen LogP contribution in [0.25, 0.3) is 0 Å². The van der Waals surface area contributed by atoms with Crippen molar-refractivity contribution in [3.63, 3.8) is 0 Å². The minimum atomic E-state index is -0.173. The lowest BCUT2D eigenvalue weighted by atomic mass is 10.2. The molecule has 0 saturated heterocycles. The third-order valence-electron chi connectivity index (χ3n) is 2.11. The smallest absolute Gasteiger partial charge is 0.305 e. The third kappa shape index (κ3) is 10.9. The zero-order valence-corrected chi connectivity index (χ0v) is 9.63. The van der Waals surface area contributed by atoms with Crippen LogP contribution in [0.3, 0.4) is 0 Å². The molecule has 0 aliphatic carbocycles. The summed E-state index contributed by atoms with van der Waals surface area (Å²) in [6.07, 6.45) is 5.92. The largest absolute Gasteiger partial charge is 0.513 e. The monoisotopic (exact) mass is 214 g/mol. The Bertz CT molecular complexity index is 187. The van der Waals surface area contributed by atoms with E-state index in [1.807, 2.05) is 0 Å². The van der Waals surface area contributed by atoms with Crippen LogP contribution in [0.4, 0.5) is 0 Å². The standard InChI is InChI=1S/C12H22O3/c1-3-4-5-6-10-15-12(14)9-7-8-11(2)13/h13H,2-10H2,1H3. The summed E-state index contributed by atoms with van der Waals surface area (Å²) in [6, 6.07) is 0. The summed E-state index contributed by atoms with van der Waals surface area (Å²) in [5.41, 5.74) is 0. The summed E-state index contributed by atoms with van der Waals surface area (Å²) in [4.78, 5) is 11.1. The highest BCUT2D eigenvalue weighted by Gasteiger charge is 2.02. The van der Waals surface area contributed by atoms with Crippen LogP contribution >= 0.6 is 0 Å². The van der Waals surface area contributed by atoms with Gasteiger partial charge in [0.25, 0.3) is 0 Å². The van der Waals surface area contributed by atoms with Crippen molar-refractivity contribution in [2.75, 3.05) is 6.61 Å². The number of carbonyl (C=O) groups is 1. The van der Waals surface area contributed by atoms with E-state index in [4.69, 9.17) is 9.84 Å². The predicted octanol–water partition coefficient (Wildman–Crippen LogP) is 3.35. The maximum absolute atomic E-state index is 11.1. The molecular weight excluding hydrogens is 192 g/mol. The predicted molar refractivity (Wildman–Crippen MR) is 60.7 cm³/mol. The van der Waals surface area contributed by atoms with Crippen LogP contribution < -0.4 is 0 Å². The Kier molecular flexibility index (Phi) is 8.93. The van der Waals surface area contributed by atoms with Gasteiger partial charge in [-0.2, -0.15) is 0 Å². The molecule has 0 heterocycles. The van der Waals surface area contributed by atoms with Gasteiger partial charge in [0.2, 0.25) is 0 Å². The molecule has 1 N–H and O–H groups in total. The molecule has 0 fully saturated rings. The fourth-order valence-corrected chi connectivity index (χ4v) is 1.22. The third-order valence-corrected chi connectivity index (χ3v) is 2.11. The van der Waals surface area contributed by atoms with Gasteiger partial charge < -0.3 is 9.84 Å². The molecule has 0 radical (unpaired) electrons. The Hall–Kier alpha value is -0.990. The van der Waals surface area contributed by atoms with E-state index >= 15 is 0 Å². The van der Waals surface area contributed by atoms with Gasteiger partial charge in [-0.3, -0.25) is 4.79 Å². The molecule has 0 saturated carbocycles. The Morgan fingerprint density at radius 2 is 1.93 bits per heavy atom. The average molecular weight is 214 g/mol. The lowest BCUT2D eigenvalue weighted by molar-refractivity contribution is -0.143. The first-order valence-electron chi connectivity index (χ1n) is 5.69. The second-order valence-electron chi connectivity index (χ2n) is 3.70. The number of esters is 1. The Morgan fingerprint density at radius 1 is 1.20 bits per heavy atom. The fraction of sp³-hybridized carbons (Fsp3) is 0.750. The molecule has 15 heavy (non-hydrogen) atoms. The number of allylic oxidation sites excluding steroid dienone is 1. The van der Waals surface area contributed by atoms with E-state index in [-0.39, 0.29) is 11.7 Å². The van der Waals surface area contributed by atoms with Crippen LogP contribution in [0.15, 0.2) is 12.3 Å². The summed E-state index contributed by atoms with van der Waals surface area (Å²) in [5.74, 6) is -0.0431. The van der Waals surface area contributed by atoms with E-state index in [0.29, 0.717) is 25.9 Å². The first-order chi connectivity index (χ1) is 7.16. The molecule has 0 unspecified atom stereocenters. The van der Waals surface area contributed by atoms with E-state index < -0.39 is 0 Å². The van der Waals surface area contributed by atoms with Gasteiger partial charge in [0, 0.05) is 12.8 Å². The van der Waals surface area contributed by atoms with Crippen molar-refractivity contribution in [3.05, 3.63) is 12.3 Å². The molecule has 0 atom stereocenters. The summed E-state index contributed by atoms with van der Waals surface area (Å²) >= 11 is 0. The van der Waals surface area contributed by atoms with Crippen molar-refractivity contribution >= 4 is 5.97 Å². The summed E-state index contributed by atoms with van der Waals surface area (Å²) in [5, 5.41) is 8.79. The van der Waals surface area contributed by atoms with Crippen molar-refractivity contribution < 1.29 is 14.6 Å². The van der Waals surface area contributed by atoms with Gasteiger partial charge in [-0.05, 0) is 12.8 Å². The first-order valence-corrected chi connectivity index (χ1v) is 5.69. The molecule has 3 heteroatoms. The zero-order chi connectivity index (χ0) is 11.5. The lowest BCUT2D eigenvalue weighted by Crippen LogP contribution is -2.05. The van der Waals surface area contributed by atoms with Gasteiger partial charge in [0.05, 0.1) is 12.4 Å².